The first kappa shape index (κ1) is 35.0. The number of benzene rings is 3. The summed E-state index contributed by atoms with van der Waals surface area (Å²) >= 11 is 0. The molecule has 0 aliphatic heterocycles. The lowest BCUT2D eigenvalue weighted by Crippen LogP contribution is -2.67. The molecule has 6 N–H and O–H groups in total. The van der Waals surface area contributed by atoms with Gasteiger partial charge in [-0.2, -0.15) is 0 Å². The molecule has 0 aliphatic carbocycles. The van der Waals surface area contributed by atoms with Crippen LogP contribution in [0.4, 0.5) is 0 Å². The van der Waals surface area contributed by atoms with Crippen LogP contribution in [-0.2, 0) is 16.6 Å². The van der Waals surface area contributed by atoms with E-state index in [4.69, 9.17) is 11.5 Å². The maximum Gasteiger partial charge on any atom is 0.0564 e. The summed E-state index contributed by atoms with van der Waals surface area (Å²) in [5.74, 6) is 0. The van der Waals surface area contributed by atoms with E-state index in [2.05, 4.69) is 143 Å². The average molecular weight is 585 g/mol. The minimum Gasteiger partial charge on any atom is -0.326 e. The van der Waals surface area contributed by atoms with Crippen molar-refractivity contribution < 1.29 is 0 Å². The van der Waals surface area contributed by atoms with E-state index in [0.29, 0.717) is 0 Å². The van der Waals surface area contributed by atoms with Crippen molar-refractivity contribution in [3.05, 3.63) is 108 Å². The van der Waals surface area contributed by atoms with Gasteiger partial charge in [-0.15, -0.1) is 0 Å². The second-order valence-corrected chi connectivity index (χ2v) is 13.2. The molecular formula is C39H60N4. The van der Waals surface area contributed by atoms with Gasteiger partial charge in [-0.05, 0) is 56.7 Å². The van der Waals surface area contributed by atoms with Gasteiger partial charge in [0.05, 0.1) is 16.6 Å². The van der Waals surface area contributed by atoms with Crippen LogP contribution in [0, 0.1) is 0 Å². The molecule has 0 spiro atoms. The van der Waals surface area contributed by atoms with Gasteiger partial charge < -0.3 is 22.1 Å². The zero-order chi connectivity index (χ0) is 31.3. The van der Waals surface area contributed by atoms with Crippen LogP contribution in [0.2, 0.25) is 0 Å². The number of hydrogen-bond donors (Lipinski definition) is 4. The SMILES string of the molecule is CCCCC(NC(C)(c1ccccc1)C(CCCC)NC(C)(c1ccccc1)C(N)CCCC)C(C)(N)c1ccccc1. The molecule has 6 atom stereocenters. The smallest absolute Gasteiger partial charge is 0.0564 e. The van der Waals surface area contributed by atoms with Crippen molar-refractivity contribution in [3.8, 4) is 0 Å². The van der Waals surface area contributed by atoms with Crippen molar-refractivity contribution in [2.24, 2.45) is 11.5 Å². The largest absolute Gasteiger partial charge is 0.326 e. The molecule has 4 nitrogen and oxygen atoms in total. The Morgan fingerprint density at radius 1 is 0.535 bits per heavy atom. The molecule has 0 heterocycles. The van der Waals surface area contributed by atoms with Gasteiger partial charge in [0.1, 0.15) is 0 Å². The number of nitrogens with two attached hydrogens (primary N) is 2. The molecule has 0 saturated carbocycles. The second-order valence-electron chi connectivity index (χ2n) is 13.2. The van der Waals surface area contributed by atoms with E-state index in [1.807, 2.05) is 0 Å². The zero-order valence-electron chi connectivity index (χ0n) is 27.9. The van der Waals surface area contributed by atoms with Gasteiger partial charge in [0.15, 0.2) is 0 Å². The maximum atomic E-state index is 7.33. The van der Waals surface area contributed by atoms with Crippen molar-refractivity contribution in [2.45, 2.75) is 134 Å². The summed E-state index contributed by atoms with van der Waals surface area (Å²) in [4.78, 5) is 0. The second kappa shape index (κ2) is 16.5. The third-order valence-electron chi connectivity index (χ3n) is 9.81. The van der Waals surface area contributed by atoms with E-state index in [1.54, 1.807) is 0 Å². The fraction of sp³-hybridized carbons (Fsp3) is 0.538. The van der Waals surface area contributed by atoms with Crippen molar-refractivity contribution in [2.75, 3.05) is 0 Å². The van der Waals surface area contributed by atoms with Gasteiger partial charge in [-0.25, -0.2) is 0 Å². The van der Waals surface area contributed by atoms with Crippen molar-refractivity contribution in [1.29, 1.82) is 0 Å². The van der Waals surface area contributed by atoms with E-state index in [1.165, 1.54) is 11.1 Å². The lowest BCUT2D eigenvalue weighted by atomic mass is 9.74. The van der Waals surface area contributed by atoms with Gasteiger partial charge in [0.25, 0.3) is 0 Å². The molecule has 0 aliphatic rings. The first-order chi connectivity index (χ1) is 20.6. The lowest BCUT2D eigenvalue weighted by molar-refractivity contribution is 0.131. The van der Waals surface area contributed by atoms with Crippen molar-refractivity contribution in [1.82, 2.24) is 10.6 Å². The Morgan fingerprint density at radius 2 is 0.907 bits per heavy atom. The third kappa shape index (κ3) is 8.79. The van der Waals surface area contributed by atoms with Crippen molar-refractivity contribution >= 4 is 0 Å². The normalized spacial score (nSPS) is 18.1. The summed E-state index contributed by atoms with van der Waals surface area (Å²) < 4.78 is 0. The van der Waals surface area contributed by atoms with Gasteiger partial charge in [-0.3, -0.25) is 0 Å². The molecule has 0 saturated heterocycles. The lowest BCUT2D eigenvalue weighted by Gasteiger charge is -2.50. The zero-order valence-corrected chi connectivity index (χ0v) is 27.9. The van der Waals surface area contributed by atoms with Crippen LogP contribution in [0.5, 0.6) is 0 Å². The van der Waals surface area contributed by atoms with Gasteiger partial charge in [0.2, 0.25) is 0 Å². The predicted molar refractivity (Wildman–Crippen MR) is 186 cm³/mol. The highest BCUT2D eigenvalue weighted by Gasteiger charge is 2.45. The van der Waals surface area contributed by atoms with E-state index in [0.717, 1.165) is 63.4 Å². The molecular weight excluding hydrogens is 524 g/mol. The number of hydrogen-bond acceptors (Lipinski definition) is 4. The van der Waals surface area contributed by atoms with Crippen LogP contribution in [-0.4, -0.2) is 18.1 Å². The Balaban J connectivity index is 2.16. The highest BCUT2D eigenvalue weighted by Crippen LogP contribution is 2.37. The molecule has 43 heavy (non-hydrogen) atoms. The molecule has 0 amide bonds. The monoisotopic (exact) mass is 584 g/mol. The summed E-state index contributed by atoms with van der Waals surface area (Å²) in [6, 6.07) is 32.6. The molecule has 0 aromatic heterocycles. The molecule has 0 bridgehead atoms. The Morgan fingerprint density at radius 3 is 1.37 bits per heavy atom. The summed E-state index contributed by atoms with van der Waals surface area (Å²) in [5.41, 5.74) is 16.8. The summed E-state index contributed by atoms with van der Waals surface area (Å²) in [7, 11) is 0. The van der Waals surface area contributed by atoms with Crippen LogP contribution in [0.25, 0.3) is 0 Å². The Hall–Kier alpha value is -2.50. The number of unbranched alkanes of at least 4 members (excludes halogenated alkanes) is 3. The summed E-state index contributed by atoms with van der Waals surface area (Å²) in [5, 5.41) is 8.51. The van der Waals surface area contributed by atoms with Crippen LogP contribution < -0.4 is 22.1 Å². The first-order valence-electron chi connectivity index (χ1n) is 16.9. The molecule has 4 heteroatoms. The topological polar surface area (TPSA) is 76.1 Å². The highest BCUT2D eigenvalue weighted by molar-refractivity contribution is 5.32. The van der Waals surface area contributed by atoms with Crippen LogP contribution in [0.15, 0.2) is 91.0 Å². The van der Waals surface area contributed by atoms with Gasteiger partial charge in [-0.1, -0.05) is 150 Å². The molecule has 236 valence electrons. The highest BCUT2D eigenvalue weighted by atomic mass is 15.1. The third-order valence-corrected chi connectivity index (χ3v) is 9.81. The minimum atomic E-state index is -0.554. The molecule has 6 unspecified atom stereocenters. The summed E-state index contributed by atoms with van der Waals surface area (Å²) in [6.45, 7) is 13.7. The van der Waals surface area contributed by atoms with E-state index in [-0.39, 0.29) is 18.1 Å². The van der Waals surface area contributed by atoms with E-state index >= 15 is 0 Å². The number of nitrogens with one attached hydrogen (secondary N) is 2. The van der Waals surface area contributed by atoms with Gasteiger partial charge >= 0.3 is 0 Å². The molecule has 3 aromatic carbocycles. The standard InChI is InChI=1S/C39H60N4/c1-7-10-28-34(40)38(5,32-24-18-14-19-25-32)43-36(30-12-9-3)39(6,33-26-20-15-21-27-33)42-35(29-11-8-2)37(4,41)31-22-16-13-17-23-31/h13-27,34-36,42-43H,7-12,28-30,40-41H2,1-6H3. The van der Waals surface area contributed by atoms with E-state index in [9.17, 15) is 0 Å². The molecule has 0 fully saturated rings. The van der Waals surface area contributed by atoms with Crippen LogP contribution >= 0.6 is 0 Å². The van der Waals surface area contributed by atoms with Crippen molar-refractivity contribution in [3.63, 3.8) is 0 Å². The van der Waals surface area contributed by atoms with Gasteiger partial charge in [0, 0.05) is 18.1 Å². The fourth-order valence-corrected chi connectivity index (χ4v) is 6.64. The van der Waals surface area contributed by atoms with Crippen LogP contribution in [0.1, 0.15) is 116 Å². The predicted octanol–water partition coefficient (Wildman–Crippen LogP) is 8.51. The Kier molecular flexibility index (Phi) is 13.5. The maximum absolute atomic E-state index is 7.33. The molecule has 3 aromatic rings. The number of rotatable bonds is 19. The fourth-order valence-electron chi connectivity index (χ4n) is 6.64. The quantitative estimate of drug-likeness (QED) is 0.114. The Bertz CT molecular complexity index is 1170. The molecule has 0 radical (unpaired) electrons. The van der Waals surface area contributed by atoms with Crippen LogP contribution in [0.3, 0.4) is 0 Å². The summed E-state index contributed by atoms with van der Waals surface area (Å²) in [6.07, 6.45) is 9.71. The van der Waals surface area contributed by atoms with E-state index < -0.39 is 16.6 Å². The minimum absolute atomic E-state index is 0.0287. The first-order valence-corrected chi connectivity index (χ1v) is 16.9. The average Bonchev–Trinajstić information content (AvgIpc) is 3.04. The Labute approximate surface area is 263 Å². The molecule has 3 rings (SSSR count).